The Balaban J connectivity index is 1.82. The number of nitrogens with zero attached hydrogens (tertiary/aromatic N) is 4. The zero-order valence-electron chi connectivity index (χ0n) is 17.9. The molecule has 0 radical (unpaired) electrons. The van der Waals surface area contributed by atoms with Crippen molar-refractivity contribution in [2.75, 3.05) is 23.3 Å². The van der Waals surface area contributed by atoms with E-state index in [1.807, 2.05) is 6.92 Å². The predicted molar refractivity (Wildman–Crippen MR) is 110 cm³/mol. The van der Waals surface area contributed by atoms with E-state index in [9.17, 15) is 31.5 Å². The number of rotatable bonds is 7. The molecule has 3 heterocycles. The minimum atomic E-state index is -4.82. The number of halogens is 5. The number of aromatic nitrogens is 2. The predicted octanol–water partition coefficient (Wildman–Crippen LogP) is 4.19. The summed E-state index contributed by atoms with van der Waals surface area (Å²) >= 11 is 0. The molecular weight excluding hydrogens is 449 g/mol. The van der Waals surface area contributed by atoms with Crippen LogP contribution < -0.4 is 10.2 Å². The molecule has 1 aliphatic heterocycles. The van der Waals surface area contributed by atoms with Crippen LogP contribution in [0.1, 0.15) is 31.4 Å². The SMILES string of the molecule is CCc1ccnc(NC(=O)CN2C(=O)N(c3ncc(C(F)(F)F)cc3F)C[C@@H]2[C@@H](F)CC)c1. The highest BCUT2D eigenvalue weighted by atomic mass is 19.4. The second-order valence-corrected chi connectivity index (χ2v) is 7.49. The maximum Gasteiger partial charge on any atom is 0.417 e. The Morgan fingerprint density at radius 2 is 2.00 bits per heavy atom. The van der Waals surface area contributed by atoms with Crippen LogP contribution in [0.3, 0.4) is 0 Å². The van der Waals surface area contributed by atoms with Crippen molar-refractivity contribution < 1.29 is 31.5 Å². The number of urea groups is 1. The van der Waals surface area contributed by atoms with Gasteiger partial charge in [0.15, 0.2) is 11.6 Å². The van der Waals surface area contributed by atoms with E-state index in [0.717, 1.165) is 15.4 Å². The number of carbonyl (C=O) groups excluding carboxylic acids is 2. The van der Waals surface area contributed by atoms with Crippen LogP contribution in [0.5, 0.6) is 0 Å². The van der Waals surface area contributed by atoms with Crippen molar-refractivity contribution in [3.05, 3.63) is 47.5 Å². The maximum atomic E-state index is 14.6. The van der Waals surface area contributed by atoms with E-state index < -0.39 is 54.1 Å². The number of pyridine rings is 2. The molecule has 2 aromatic heterocycles. The van der Waals surface area contributed by atoms with Crippen molar-refractivity contribution in [1.82, 2.24) is 14.9 Å². The minimum Gasteiger partial charge on any atom is -0.309 e. The van der Waals surface area contributed by atoms with Gasteiger partial charge in [-0.15, -0.1) is 0 Å². The van der Waals surface area contributed by atoms with Gasteiger partial charge >= 0.3 is 12.2 Å². The van der Waals surface area contributed by atoms with Gasteiger partial charge in [-0.3, -0.25) is 9.69 Å². The van der Waals surface area contributed by atoms with Crippen LogP contribution in [0.2, 0.25) is 0 Å². The molecule has 178 valence electrons. The highest BCUT2D eigenvalue weighted by Crippen LogP contribution is 2.33. The Morgan fingerprint density at radius 1 is 1.27 bits per heavy atom. The molecule has 0 aromatic carbocycles. The van der Waals surface area contributed by atoms with Crippen LogP contribution in [-0.2, 0) is 17.4 Å². The maximum absolute atomic E-state index is 14.6. The molecular formula is C21H22F5N5O2. The lowest BCUT2D eigenvalue weighted by atomic mass is 10.1. The first kappa shape index (κ1) is 24.3. The standard InChI is InChI=1S/C21H22F5N5O2/c1-3-12-5-6-27-17(7-12)29-18(32)11-30-16(14(22)4-2)10-31(20(30)33)19-15(23)8-13(9-28-19)21(24,25)26/h5-9,14,16H,3-4,10-11H2,1-2H3,(H,27,29,32)/t14-,16+/m0/s1. The van der Waals surface area contributed by atoms with Gasteiger partial charge in [0, 0.05) is 12.4 Å². The molecule has 3 rings (SSSR count). The number of nitrogens with one attached hydrogen (secondary N) is 1. The molecule has 7 nitrogen and oxygen atoms in total. The van der Waals surface area contributed by atoms with E-state index in [2.05, 4.69) is 15.3 Å². The largest absolute Gasteiger partial charge is 0.417 e. The molecule has 33 heavy (non-hydrogen) atoms. The van der Waals surface area contributed by atoms with E-state index >= 15 is 0 Å². The van der Waals surface area contributed by atoms with Crippen LogP contribution in [0.15, 0.2) is 30.6 Å². The van der Waals surface area contributed by atoms with Crippen LogP contribution in [-0.4, -0.2) is 52.1 Å². The van der Waals surface area contributed by atoms with Gasteiger partial charge in [0.05, 0.1) is 18.2 Å². The molecule has 0 unspecified atom stereocenters. The Labute approximate surface area is 186 Å². The zero-order chi connectivity index (χ0) is 24.3. The van der Waals surface area contributed by atoms with Crippen molar-refractivity contribution in [3.63, 3.8) is 0 Å². The van der Waals surface area contributed by atoms with Gasteiger partial charge in [-0.25, -0.2) is 23.5 Å². The van der Waals surface area contributed by atoms with Gasteiger partial charge in [-0.1, -0.05) is 13.8 Å². The number of hydrogen-bond acceptors (Lipinski definition) is 4. The first-order chi connectivity index (χ1) is 15.5. The molecule has 1 aliphatic rings. The second kappa shape index (κ2) is 9.67. The van der Waals surface area contributed by atoms with Gasteiger partial charge in [0.1, 0.15) is 18.5 Å². The van der Waals surface area contributed by atoms with Crippen LogP contribution >= 0.6 is 0 Å². The lowest BCUT2D eigenvalue weighted by Gasteiger charge is -2.24. The summed E-state index contributed by atoms with van der Waals surface area (Å²) in [5.41, 5.74) is -0.401. The molecule has 0 bridgehead atoms. The van der Waals surface area contributed by atoms with Crippen LogP contribution in [0.25, 0.3) is 0 Å². The average molecular weight is 471 g/mol. The molecule has 1 N–H and O–H groups in total. The summed E-state index contributed by atoms with van der Waals surface area (Å²) in [5.74, 6) is -2.44. The first-order valence-corrected chi connectivity index (χ1v) is 10.2. The summed E-state index contributed by atoms with van der Waals surface area (Å²) in [4.78, 5) is 34.6. The van der Waals surface area contributed by atoms with Crippen molar-refractivity contribution in [1.29, 1.82) is 0 Å². The quantitative estimate of drug-likeness (QED) is 0.615. The highest BCUT2D eigenvalue weighted by Gasteiger charge is 2.44. The first-order valence-electron chi connectivity index (χ1n) is 10.2. The normalized spacial score (nSPS) is 17.4. The van der Waals surface area contributed by atoms with E-state index in [1.165, 1.54) is 13.1 Å². The van der Waals surface area contributed by atoms with Gasteiger partial charge in [0.25, 0.3) is 0 Å². The molecule has 2 aromatic rings. The molecule has 3 amide bonds. The molecule has 0 spiro atoms. The molecule has 0 aliphatic carbocycles. The minimum absolute atomic E-state index is 0.00687. The monoisotopic (exact) mass is 471 g/mol. The van der Waals surface area contributed by atoms with Crippen molar-refractivity contribution in [3.8, 4) is 0 Å². The lowest BCUT2D eigenvalue weighted by Crippen LogP contribution is -2.44. The summed E-state index contributed by atoms with van der Waals surface area (Å²) in [7, 11) is 0. The Hall–Kier alpha value is -3.31. The van der Waals surface area contributed by atoms with Crippen LogP contribution in [0.4, 0.5) is 38.4 Å². The van der Waals surface area contributed by atoms with E-state index in [0.29, 0.717) is 12.6 Å². The van der Waals surface area contributed by atoms with Gasteiger partial charge < -0.3 is 10.2 Å². The van der Waals surface area contributed by atoms with E-state index in [1.54, 1.807) is 12.1 Å². The molecule has 2 atom stereocenters. The summed E-state index contributed by atoms with van der Waals surface area (Å²) in [6.07, 6.45) is -3.75. The second-order valence-electron chi connectivity index (χ2n) is 7.49. The topological polar surface area (TPSA) is 78.4 Å². The summed E-state index contributed by atoms with van der Waals surface area (Å²) in [6, 6.07) is 1.59. The zero-order valence-corrected chi connectivity index (χ0v) is 17.9. The smallest absolute Gasteiger partial charge is 0.309 e. The fourth-order valence-corrected chi connectivity index (χ4v) is 3.49. The number of hydrogen-bond donors (Lipinski definition) is 1. The highest BCUT2D eigenvalue weighted by molar-refractivity contribution is 5.99. The Kier molecular flexibility index (Phi) is 7.13. The van der Waals surface area contributed by atoms with Crippen molar-refractivity contribution in [2.24, 2.45) is 0 Å². The molecule has 1 fully saturated rings. The van der Waals surface area contributed by atoms with Gasteiger partial charge in [-0.2, -0.15) is 13.2 Å². The summed E-state index contributed by atoms with van der Waals surface area (Å²) in [5, 5.41) is 2.53. The third kappa shape index (κ3) is 5.37. The number of aryl methyl sites for hydroxylation is 1. The van der Waals surface area contributed by atoms with Crippen molar-refractivity contribution >= 4 is 23.6 Å². The van der Waals surface area contributed by atoms with Gasteiger partial charge in [0.2, 0.25) is 5.91 Å². The number of amides is 3. The fourth-order valence-electron chi connectivity index (χ4n) is 3.49. The number of carbonyl (C=O) groups is 2. The van der Waals surface area contributed by atoms with E-state index in [-0.39, 0.29) is 24.8 Å². The lowest BCUT2D eigenvalue weighted by molar-refractivity contribution is -0.138. The Bertz CT molecular complexity index is 1030. The van der Waals surface area contributed by atoms with Gasteiger partial charge in [-0.05, 0) is 36.6 Å². The summed E-state index contributed by atoms with van der Waals surface area (Å²) in [6.45, 7) is 2.53. The van der Waals surface area contributed by atoms with Crippen LogP contribution in [0, 0.1) is 5.82 Å². The molecule has 12 heteroatoms. The van der Waals surface area contributed by atoms with E-state index in [4.69, 9.17) is 0 Å². The Morgan fingerprint density at radius 3 is 2.61 bits per heavy atom. The average Bonchev–Trinajstić information content (AvgIpc) is 3.08. The molecule has 1 saturated heterocycles. The third-order valence-corrected chi connectivity index (χ3v) is 5.27. The third-order valence-electron chi connectivity index (χ3n) is 5.27. The van der Waals surface area contributed by atoms with Crippen molar-refractivity contribution in [2.45, 2.75) is 45.1 Å². The molecule has 0 saturated carbocycles. The number of alkyl halides is 4. The number of anilines is 2. The summed E-state index contributed by atoms with van der Waals surface area (Å²) < 4.78 is 67.4. The fraction of sp³-hybridized carbons (Fsp3) is 0.429.